The summed E-state index contributed by atoms with van der Waals surface area (Å²) in [5.41, 5.74) is 8.67. The molecule has 0 saturated carbocycles. The molecule has 0 bridgehead atoms. The molecule has 0 fully saturated rings. The van der Waals surface area contributed by atoms with Crippen molar-refractivity contribution < 1.29 is 0 Å². The van der Waals surface area contributed by atoms with E-state index in [1.54, 1.807) is 12.1 Å². The molecule has 21 heavy (non-hydrogen) atoms. The molecule has 3 nitrogen and oxygen atoms in total. The molecule has 1 heterocycles. The zero-order valence-corrected chi connectivity index (χ0v) is 13.1. The van der Waals surface area contributed by atoms with Crippen LogP contribution in [0.1, 0.15) is 5.56 Å². The number of anilines is 1. The van der Waals surface area contributed by atoms with Gasteiger partial charge < -0.3 is 5.73 Å². The standard InChI is InChI=1S/C16H9BrClN3/c17-10-3-1-9(2-4-10)15-12-7-11(18)5-6-14(12)21-16(20)13(15)8-19/h1-7H,(H2,20,21). The fourth-order valence-corrected chi connectivity index (χ4v) is 2.72. The van der Waals surface area contributed by atoms with Gasteiger partial charge in [0.2, 0.25) is 0 Å². The number of nitrogens with zero attached hydrogens (tertiary/aromatic N) is 2. The summed E-state index contributed by atoms with van der Waals surface area (Å²) >= 11 is 9.50. The molecular formula is C16H9BrClN3. The Kier molecular flexibility index (Phi) is 3.54. The van der Waals surface area contributed by atoms with Gasteiger partial charge in [0, 0.05) is 20.4 Å². The highest BCUT2D eigenvalue weighted by Gasteiger charge is 2.15. The van der Waals surface area contributed by atoms with E-state index in [0.717, 1.165) is 21.0 Å². The number of nitriles is 1. The highest BCUT2D eigenvalue weighted by atomic mass is 79.9. The van der Waals surface area contributed by atoms with E-state index in [1.165, 1.54) is 0 Å². The second kappa shape index (κ2) is 5.36. The van der Waals surface area contributed by atoms with Gasteiger partial charge in [-0.2, -0.15) is 5.26 Å². The smallest absolute Gasteiger partial charge is 0.142 e. The molecule has 3 rings (SSSR count). The third-order valence-corrected chi connectivity index (χ3v) is 3.98. The van der Waals surface area contributed by atoms with Crippen LogP contribution in [0.5, 0.6) is 0 Å². The van der Waals surface area contributed by atoms with E-state index in [-0.39, 0.29) is 5.82 Å². The van der Waals surface area contributed by atoms with Crippen LogP contribution in [0.2, 0.25) is 5.02 Å². The summed E-state index contributed by atoms with van der Waals surface area (Å²) in [4.78, 5) is 4.28. The van der Waals surface area contributed by atoms with E-state index in [1.807, 2.05) is 30.3 Å². The Morgan fingerprint density at radius 2 is 1.86 bits per heavy atom. The minimum Gasteiger partial charge on any atom is -0.383 e. The van der Waals surface area contributed by atoms with E-state index in [0.29, 0.717) is 16.1 Å². The third-order valence-electron chi connectivity index (χ3n) is 3.22. The highest BCUT2D eigenvalue weighted by Crippen LogP contribution is 2.35. The molecule has 0 aliphatic carbocycles. The SMILES string of the molecule is N#Cc1c(N)nc2ccc(Cl)cc2c1-c1ccc(Br)cc1. The van der Waals surface area contributed by atoms with Crippen LogP contribution in [0.3, 0.4) is 0 Å². The zero-order valence-electron chi connectivity index (χ0n) is 10.8. The van der Waals surface area contributed by atoms with Crippen LogP contribution >= 0.6 is 27.5 Å². The zero-order chi connectivity index (χ0) is 15.0. The van der Waals surface area contributed by atoms with Crippen LogP contribution in [0, 0.1) is 11.3 Å². The van der Waals surface area contributed by atoms with Crippen molar-refractivity contribution >= 4 is 44.3 Å². The summed E-state index contributed by atoms with van der Waals surface area (Å²) in [6, 6.07) is 15.2. The van der Waals surface area contributed by atoms with Gasteiger partial charge in [0.1, 0.15) is 17.5 Å². The van der Waals surface area contributed by atoms with Gasteiger partial charge in [-0.25, -0.2) is 4.98 Å². The van der Waals surface area contributed by atoms with E-state index in [4.69, 9.17) is 17.3 Å². The van der Waals surface area contributed by atoms with Crippen molar-refractivity contribution in [3.8, 4) is 17.2 Å². The summed E-state index contributed by atoms with van der Waals surface area (Å²) in [5.74, 6) is 0.227. The summed E-state index contributed by atoms with van der Waals surface area (Å²) in [6.07, 6.45) is 0. The molecule has 0 spiro atoms. The van der Waals surface area contributed by atoms with Gasteiger partial charge in [-0.15, -0.1) is 0 Å². The molecular weight excluding hydrogens is 350 g/mol. The first-order valence-corrected chi connectivity index (χ1v) is 7.32. The number of aromatic nitrogens is 1. The monoisotopic (exact) mass is 357 g/mol. The molecule has 0 saturated heterocycles. The lowest BCUT2D eigenvalue weighted by Crippen LogP contribution is -1.99. The van der Waals surface area contributed by atoms with Crippen LogP contribution < -0.4 is 5.73 Å². The summed E-state index contributed by atoms with van der Waals surface area (Å²) in [7, 11) is 0. The van der Waals surface area contributed by atoms with Gasteiger partial charge in [-0.3, -0.25) is 0 Å². The van der Waals surface area contributed by atoms with E-state index >= 15 is 0 Å². The van der Waals surface area contributed by atoms with Gasteiger partial charge in [0.05, 0.1) is 5.52 Å². The van der Waals surface area contributed by atoms with Crippen LogP contribution in [0.4, 0.5) is 5.82 Å². The van der Waals surface area contributed by atoms with Crippen LogP contribution in [-0.4, -0.2) is 4.98 Å². The number of hydrogen-bond acceptors (Lipinski definition) is 3. The molecule has 0 aliphatic rings. The number of hydrogen-bond donors (Lipinski definition) is 1. The Labute approximate surface area is 135 Å². The molecule has 102 valence electrons. The first-order valence-electron chi connectivity index (χ1n) is 6.15. The predicted octanol–water partition coefficient (Wildman–Crippen LogP) is 4.77. The van der Waals surface area contributed by atoms with Crippen molar-refractivity contribution in [2.24, 2.45) is 0 Å². The predicted molar refractivity (Wildman–Crippen MR) is 89.0 cm³/mol. The maximum absolute atomic E-state index is 9.43. The van der Waals surface area contributed by atoms with Crippen molar-refractivity contribution in [2.75, 3.05) is 5.73 Å². The third kappa shape index (κ3) is 2.46. The molecule has 2 aromatic carbocycles. The second-order valence-corrected chi connectivity index (χ2v) is 5.88. The van der Waals surface area contributed by atoms with Gasteiger partial charge in [-0.1, -0.05) is 39.7 Å². The molecule has 2 N–H and O–H groups in total. The molecule has 0 aliphatic heterocycles. The lowest BCUT2D eigenvalue weighted by molar-refractivity contribution is 1.37. The van der Waals surface area contributed by atoms with Crippen molar-refractivity contribution in [3.05, 3.63) is 57.5 Å². The molecule has 0 radical (unpaired) electrons. The van der Waals surface area contributed by atoms with E-state index in [2.05, 4.69) is 27.0 Å². The minimum absolute atomic E-state index is 0.227. The summed E-state index contributed by atoms with van der Waals surface area (Å²) in [5, 5.41) is 10.8. The number of rotatable bonds is 1. The first-order chi connectivity index (χ1) is 10.1. The second-order valence-electron chi connectivity index (χ2n) is 4.53. The fourth-order valence-electron chi connectivity index (χ4n) is 2.28. The minimum atomic E-state index is 0.227. The van der Waals surface area contributed by atoms with Gasteiger partial charge in [-0.05, 0) is 35.9 Å². The average molecular weight is 359 g/mol. The lowest BCUT2D eigenvalue weighted by atomic mass is 9.96. The number of halogens is 2. The summed E-state index contributed by atoms with van der Waals surface area (Å²) < 4.78 is 0.967. The molecule has 0 atom stereocenters. The molecule has 3 aromatic rings. The summed E-state index contributed by atoms with van der Waals surface area (Å²) in [6.45, 7) is 0. The number of nitrogen functional groups attached to an aromatic ring is 1. The topological polar surface area (TPSA) is 62.7 Å². The van der Waals surface area contributed by atoms with Gasteiger partial charge >= 0.3 is 0 Å². The fraction of sp³-hybridized carbons (Fsp3) is 0. The quantitative estimate of drug-likeness (QED) is 0.681. The molecule has 0 unspecified atom stereocenters. The van der Waals surface area contributed by atoms with Gasteiger partial charge in [0.15, 0.2) is 0 Å². The Balaban J connectivity index is 2.45. The van der Waals surface area contributed by atoms with Crippen molar-refractivity contribution in [3.63, 3.8) is 0 Å². The molecule has 1 aromatic heterocycles. The largest absolute Gasteiger partial charge is 0.383 e. The Hall–Kier alpha value is -2.09. The number of pyridine rings is 1. The Morgan fingerprint density at radius 3 is 2.52 bits per heavy atom. The van der Waals surface area contributed by atoms with Crippen LogP contribution in [0.25, 0.3) is 22.0 Å². The Bertz CT molecular complexity index is 883. The van der Waals surface area contributed by atoms with Crippen LogP contribution in [-0.2, 0) is 0 Å². The number of fused-ring (bicyclic) bond motifs is 1. The van der Waals surface area contributed by atoms with Crippen molar-refractivity contribution in [1.29, 1.82) is 5.26 Å². The lowest BCUT2D eigenvalue weighted by Gasteiger charge is -2.11. The van der Waals surface area contributed by atoms with Crippen molar-refractivity contribution in [1.82, 2.24) is 4.98 Å². The first kappa shape index (κ1) is 13.9. The maximum Gasteiger partial charge on any atom is 0.142 e. The van der Waals surface area contributed by atoms with Gasteiger partial charge in [0.25, 0.3) is 0 Å². The van der Waals surface area contributed by atoms with Crippen molar-refractivity contribution in [2.45, 2.75) is 0 Å². The highest BCUT2D eigenvalue weighted by molar-refractivity contribution is 9.10. The number of benzene rings is 2. The van der Waals surface area contributed by atoms with E-state index in [9.17, 15) is 5.26 Å². The normalized spacial score (nSPS) is 10.5. The maximum atomic E-state index is 9.43. The van der Waals surface area contributed by atoms with E-state index < -0.39 is 0 Å². The Morgan fingerprint density at radius 1 is 1.14 bits per heavy atom. The number of nitrogens with two attached hydrogens (primary N) is 1. The average Bonchev–Trinajstić information content (AvgIpc) is 2.47. The van der Waals surface area contributed by atoms with Crippen LogP contribution in [0.15, 0.2) is 46.9 Å². The molecule has 5 heteroatoms. The molecule has 0 amide bonds.